The Morgan fingerprint density at radius 2 is 1.92 bits per heavy atom. The van der Waals surface area contributed by atoms with E-state index in [1.54, 1.807) is 12.1 Å². The van der Waals surface area contributed by atoms with Crippen LogP contribution in [0.5, 0.6) is 0 Å². The summed E-state index contributed by atoms with van der Waals surface area (Å²) in [6.45, 7) is 0.434. The molecular formula is C8H12N4O. The number of anilines is 1. The van der Waals surface area contributed by atoms with Crippen LogP contribution >= 0.6 is 0 Å². The molecule has 2 amide bonds. The molecular weight excluding hydrogens is 168 g/mol. The smallest absolute Gasteiger partial charge is 0.329 e. The van der Waals surface area contributed by atoms with E-state index < -0.39 is 6.03 Å². The zero-order valence-electron chi connectivity index (χ0n) is 7.08. The van der Waals surface area contributed by atoms with Gasteiger partial charge in [-0.1, -0.05) is 12.1 Å². The first-order valence-corrected chi connectivity index (χ1v) is 3.81. The zero-order chi connectivity index (χ0) is 9.68. The fourth-order valence-electron chi connectivity index (χ4n) is 0.869. The minimum Gasteiger partial charge on any atom is -0.399 e. The van der Waals surface area contributed by atoms with E-state index in [1.165, 1.54) is 0 Å². The predicted octanol–water partition coefficient (Wildman–Crippen LogP) is -0.0583. The van der Waals surface area contributed by atoms with Crippen molar-refractivity contribution in [2.24, 2.45) is 5.84 Å². The number of urea groups is 1. The highest BCUT2D eigenvalue weighted by Gasteiger charge is 1.96. The van der Waals surface area contributed by atoms with Gasteiger partial charge in [-0.3, -0.25) is 5.43 Å². The summed E-state index contributed by atoms with van der Waals surface area (Å²) < 4.78 is 0. The SMILES string of the molecule is NNC(=O)NCc1ccc(N)cc1. The van der Waals surface area contributed by atoms with Gasteiger partial charge in [0.2, 0.25) is 0 Å². The van der Waals surface area contributed by atoms with Crippen LogP contribution in [-0.4, -0.2) is 6.03 Å². The highest BCUT2D eigenvalue weighted by molar-refractivity contribution is 5.73. The van der Waals surface area contributed by atoms with Crippen LogP contribution in [0, 0.1) is 0 Å². The number of nitrogens with one attached hydrogen (secondary N) is 2. The quantitative estimate of drug-likeness (QED) is 0.222. The van der Waals surface area contributed by atoms with Gasteiger partial charge in [-0.15, -0.1) is 0 Å². The van der Waals surface area contributed by atoms with Crippen molar-refractivity contribution in [1.82, 2.24) is 10.7 Å². The summed E-state index contributed by atoms with van der Waals surface area (Å²) in [5, 5.41) is 2.55. The lowest BCUT2D eigenvalue weighted by molar-refractivity contribution is 0.241. The first-order valence-electron chi connectivity index (χ1n) is 3.81. The molecule has 0 aromatic heterocycles. The second-order valence-corrected chi connectivity index (χ2v) is 2.57. The molecule has 6 N–H and O–H groups in total. The summed E-state index contributed by atoms with van der Waals surface area (Å²) in [4.78, 5) is 10.7. The molecule has 0 aliphatic rings. The lowest BCUT2D eigenvalue weighted by Gasteiger charge is -2.03. The lowest BCUT2D eigenvalue weighted by atomic mass is 10.2. The Morgan fingerprint density at radius 3 is 2.46 bits per heavy atom. The van der Waals surface area contributed by atoms with Gasteiger partial charge < -0.3 is 11.1 Å². The first-order chi connectivity index (χ1) is 6.22. The first kappa shape index (κ1) is 9.34. The van der Waals surface area contributed by atoms with Crippen LogP contribution in [0.3, 0.4) is 0 Å². The standard InChI is InChI=1S/C8H12N4O/c9-7-3-1-6(2-4-7)5-11-8(13)12-10/h1-4H,5,9-10H2,(H2,11,12,13). The largest absolute Gasteiger partial charge is 0.399 e. The third-order valence-corrected chi connectivity index (χ3v) is 1.56. The number of carbonyl (C=O) groups excluding carboxylic acids is 1. The number of benzene rings is 1. The highest BCUT2D eigenvalue weighted by atomic mass is 16.2. The summed E-state index contributed by atoms with van der Waals surface area (Å²) in [5.74, 6) is 4.88. The Balaban J connectivity index is 2.46. The monoisotopic (exact) mass is 180 g/mol. The van der Waals surface area contributed by atoms with Gasteiger partial charge in [0.05, 0.1) is 0 Å². The van der Waals surface area contributed by atoms with Crippen molar-refractivity contribution >= 4 is 11.7 Å². The van der Waals surface area contributed by atoms with Gasteiger partial charge in [0.15, 0.2) is 0 Å². The van der Waals surface area contributed by atoms with E-state index in [9.17, 15) is 4.79 Å². The Kier molecular flexibility index (Phi) is 3.10. The Labute approximate surface area is 76.1 Å². The van der Waals surface area contributed by atoms with E-state index in [1.807, 2.05) is 17.6 Å². The molecule has 0 saturated carbocycles. The second kappa shape index (κ2) is 4.32. The van der Waals surface area contributed by atoms with E-state index >= 15 is 0 Å². The van der Waals surface area contributed by atoms with Crippen molar-refractivity contribution in [3.63, 3.8) is 0 Å². The molecule has 13 heavy (non-hydrogen) atoms. The molecule has 0 spiro atoms. The van der Waals surface area contributed by atoms with Gasteiger partial charge in [0.25, 0.3) is 0 Å². The van der Waals surface area contributed by atoms with E-state index in [0.29, 0.717) is 12.2 Å². The van der Waals surface area contributed by atoms with Gasteiger partial charge in [0.1, 0.15) is 0 Å². The Bertz CT molecular complexity index is 283. The molecule has 0 saturated heterocycles. The summed E-state index contributed by atoms with van der Waals surface area (Å²) in [6.07, 6.45) is 0. The summed E-state index contributed by atoms with van der Waals surface area (Å²) >= 11 is 0. The van der Waals surface area contributed by atoms with Gasteiger partial charge in [-0.25, -0.2) is 10.6 Å². The molecule has 1 aromatic carbocycles. The third kappa shape index (κ3) is 3.00. The van der Waals surface area contributed by atoms with Crippen molar-refractivity contribution in [3.05, 3.63) is 29.8 Å². The minimum atomic E-state index is -0.406. The van der Waals surface area contributed by atoms with Gasteiger partial charge in [-0.05, 0) is 17.7 Å². The fraction of sp³-hybridized carbons (Fsp3) is 0.125. The molecule has 5 nitrogen and oxygen atoms in total. The molecule has 5 heteroatoms. The maximum absolute atomic E-state index is 10.7. The number of hydrogen-bond donors (Lipinski definition) is 4. The number of hydrogen-bond acceptors (Lipinski definition) is 3. The lowest BCUT2D eigenvalue weighted by Crippen LogP contribution is -2.39. The molecule has 1 rings (SSSR count). The molecule has 0 heterocycles. The third-order valence-electron chi connectivity index (χ3n) is 1.56. The highest BCUT2D eigenvalue weighted by Crippen LogP contribution is 2.04. The van der Waals surface area contributed by atoms with Crippen LogP contribution in [-0.2, 0) is 6.54 Å². The van der Waals surface area contributed by atoms with Crippen molar-refractivity contribution in [2.75, 3.05) is 5.73 Å². The summed E-state index contributed by atoms with van der Waals surface area (Å²) in [6, 6.07) is 6.82. The molecule has 0 unspecified atom stereocenters. The summed E-state index contributed by atoms with van der Waals surface area (Å²) in [5.41, 5.74) is 9.13. The van der Waals surface area contributed by atoms with Crippen LogP contribution < -0.4 is 22.3 Å². The van der Waals surface area contributed by atoms with E-state index in [0.717, 1.165) is 5.56 Å². The molecule has 0 fully saturated rings. The van der Waals surface area contributed by atoms with E-state index in [4.69, 9.17) is 11.6 Å². The van der Waals surface area contributed by atoms with Gasteiger partial charge >= 0.3 is 6.03 Å². The zero-order valence-corrected chi connectivity index (χ0v) is 7.08. The van der Waals surface area contributed by atoms with Gasteiger partial charge in [-0.2, -0.15) is 0 Å². The Morgan fingerprint density at radius 1 is 1.31 bits per heavy atom. The maximum atomic E-state index is 10.7. The molecule has 0 atom stereocenters. The number of nitrogens with two attached hydrogens (primary N) is 2. The fourth-order valence-corrected chi connectivity index (χ4v) is 0.869. The molecule has 70 valence electrons. The maximum Gasteiger partial charge on any atom is 0.329 e. The van der Waals surface area contributed by atoms with Crippen LogP contribution in [0.1, 0.15) is 5.56 Å². The predicted molar refractivity (Wildman–Crippen MR) is 50.4 cm³/mol. The topological polar surface area (TPSA) is 93.2 Å². The van der Waals surface area contributed by atoms with Crippen LogP contribution in [0.25, 0.3) is 0 Å². The minimum absolute atomic E-state index is 0.406. The van der Waals surface area contributed by atoms with E-state index in [-0.39, 0.29) is 0 Å². The number of nitrogen functional groups attached to an aromatic ring is 1. The molecule has 0 aliphatic carbocycles. The van der Waals surface area contributed by atoms with Crippen LogP contribution in [0.15, 0.2) is 24.3 Å². The number of amides is 2. The van der Waals surface area contributed by atoms with Crippen molar-refractivity contribution in [3.8, 4) is 0 Å². The van der Waals surface area contributed by atoms with E-state index in [2.05, 4.69) is 5.32 Å². The van der Waals surface area contributed by atoms with Crippen molar-refractivity contribution < 1.29 is 4.79 Å². The average molecular weight is 180 g/mol. The van der Waals surface area contributed by atoms with Crippen molar-refractivity contribution in [1.29, 1.82) is 0 Å². The second-order valence-electron chi connectivity index (χ2n) is 2.57. The summed E-state index contributed by atoms with van der Waals surface area (Å²) in [7, 11) is 0. The average Bonchev–Trinajstić information content (AvgIpc) is 2.16. The Hall–Kier alpha value is -1.75. The van der Waals surface area contributed by atoms with Crippen molar-refractivity contribution in [2.45, 2.75) is 6.54 Å². The molecule has 0 bridgehead atoms. The number of hydrazine groups is 1. The molecule has 0 aliphatic heterocycles. The molecule has 1 aromatic rings. The normalized spacial score (nSPS) is 9.31. The number of rotatable bonds is 2. The van der Waals surface area contributed by atoms with Crippen LogP contribution in [0.4, 0.5) is 10.5 Å². The van der Waals surface area contributed by atoms with Gasteiger partial charge in [0, 0.05) is 12.2 Å². The van der Waals surface area contributed by atoms with Crippen LogP contribution in [0.2, 0.25) is 0 Å². The molecule has 0 radical (unpaired) electrons. The number of carbonyl (C=O) groups is 1.